The lowest BCUT2D eigenvalue weighted by Gasteiger charge is -2.53. The smallest absolute Gasteiger partial charge is 0.0358 e. The third-order valence-corrected chi connectivity index (χ3v) is 3.84. The molecule has 0 aromatic carbocycles. The van der Waals surface area contributed by atoms with Gasteiger partial charge in [0.15, 0.2) is 0 Å². The van der Waals surface area contributed by atoms with Crippen LogP contribution >= 0.6 is 0 Å². The van der Waals surface area contributed by atoms with Crippen LogP contribution in [0.1, 0.15) is 32.1 Å². The topological polar surface area (TPSA) is 23.5 Å². The number of hydrogen-bond donors (Lipinski definition) is 1. The zero-order chi connectivity index (χ0) is 7.42. The van der Waals surface area contributed by atoms with Gasteiger partial charge in [-0.1, -0.05) is 0 Å². The third-order valence-electron chi connectivity index (χ3n) is 3.84. The van der Waals surface area contributed by atoms with Gasteiger partial charge in [-0.25, -0.2) is 0 Å². The lowest BCUT2D eigenvalue weighted by atomic mass is 9.64. The summed E-state index contributed by atoms with van der Waals surface area (Å²) in [5, 5.41) is 11.3. The van der Waals surface area contributed by atoms with E-state index in [-0.39, 0.29) is 0 Å². The Morgan fingerprint density at radius 3 is 1.73 bits per heavy atom. The molecule has 0 spiro atoms. The van der Waals surface area contributed by atoms with E-state index >= 15 is 0 Å². The quantitative estimate of drug-likeness (QED) is 0.572. The summed E-state index contributed by atoms with van der Waals surface area (Å²) >= 11 is 0. The van der Waals surface area contributed by atoms with E-state index in [2.05, 4.69) is 0 Å². The fourth-order valence-electron chi connectivity index (χ4n) is 3.51. The van der Waals surface area contributed by atoms with Crippen LogP contribution in [0.4, 0.5) is 0 Å². The zero-order valence-electron chi connectivity index (χ0n) is 6.74. The van der Waals surface area contributed by atoms with E-state index in [1.807, 2.05) is 0 Å². The molecular weight excluding hydrogens is 138 g/mol. The Hall–Kier alpha value is -0.0800. The van der Waals surface area contributed by atoms with E-state index in [1.165, 1.54) is 32.1 Å². The van der Waals surface area contributed by atoms with Crippen molar-refractivity contribution in [3.05, 3.63) is 0 Å². The molecule has 0 radical (unpaired) electrons. The van der Waals surface area contributed by atoms with Crippen LogP contribution in [0.15, 0.2) is 0 Å². The molecule has 0 aromatic heterocycles. The Morgan fingerprint density at radius 2 is 1.27 bits per heavy atom. The van der Waals surface area contributed by atoms with Crippen LogP contribution in [0.5, 0.6) is 0 Å². The molecule has 62 valence electrons. The summed E-state index contributed by atoms with van der Waals surface area (Å²) in [6.07, 6.45) is 6.53. The van der Waals surface area contributed by atoms with Gasteiger partial charge in [-0.15, -0.1) is 0 Å². The summed E-state index contributed by atoms with van der Waals surface area (Å²) in [6.45, 7) is 0. The number of piperidine rings is 2. The fraction of sp³-hybridized carbons (Fsp3) is 1.00. The lowest BCUT2D eigenvalue weighted by Crippen LogP contribution is -2.56. The Balaban J connectivity index is 1.91. The first-order valence-electron chi connectivity index (χ1n) is 4.80. The summed E-state index contributed by atoms with van der Waals surface area (Å²) in [5.41, 5.74) is 0. The maximum absolute atomic E-state index is 9.66. The minimum absolute atomic E-state index is 0.534. The van der Waals surface area contributed by atoms with Gasteiger partial charge in [0.05, 0.1) is 0 Å². The van der Waals surface area contributed by atoms with E-state index in [0.717, 1.165) is 11.8 Å². The first-order valence-corrected chi connectivity index (χ1v) is 4.80. The second kappa shape index (κ2) is 1.99. The summed E-state index contributed by atoms with van der Waals surface area (Å²) in [7, 11) is 0. The molecule has 0 unspecified atom stereocenters. The van der Waals surface area contributed by atoms with Crippen molar-refractivity contribution in [2.75, 3.05) is 0 Å². The summed E-state index contributed by atoms with van der Waals surface area (Å²) in [6, 6.07) is 1.07. The molecule has 4 aliphatic rings. The normalized spacial score (nSPS) is 55.4. The van der Waals surface area contributed by atoms with E-state index in [0.29, 0.717) is 12.1 Å². The largest absolute Gasteiger partial charge is 0.313 e. The van der Waals surface area contributed by atoms with Crippen molar-refractivity contribution in [1.82, 2.24) is 5.06 Å². The molecule has 0 amide bonds. The molecule has 4 rings (SSSR count). The first-order chi connectivity index (χ1) is 5.33. The first kappa shape index (κ1) is 6.44. The number of hydroxylamine groups is 2. The summed E-state index contributed by atoms with van der Waals surface area (Å²) in [5.74, 6) is 1.92. The van der Waals surface area contributed by atoms with Crippen molar-refractivity contribution >= 4 is 0 Å². The van der Waals surface area contributed by atoms with Crippen molar-refractivity contribution in [3.63, 3.8) is 0 Å². The molecule has 2 aliphatic heterocycles. The zero-order valence-corrected chi connectivity index (χ0v) is 6.74. The average molecular weight is 153 g/mol. The Bertz CT molecular complexity index is 152. The van der Waals surface area contributed by atoms with Crippen molar-refractivity contribution < 1.29 is 5.21 Å². The van der Waals surface area contributed by atoms with Gasteiger partial charge >= 0.3 is 0 Å². The van der Waals surface area contributed by atoms with Gasteiger partial charge in [0.2, 0.25) is 0 Å². The van der Waals surface area contributed by atoms with E-state index in [4.69, 9.17) is 0 Å². The number of nitrogens with zero attached hydrogens (tertiary/aromatic N) is 1. The molecule has 2 saturated heterocycles. The summed E-state index contributed by atoms with van der Waals surface area (Å²) in [4.78, 5) is 0. The maximum Gasteiger partial charge on any atom is 0.0358 e. The molecule has 11 heavy (non-hydrogen) atoms. The Morgan fingerprint density at radius 1 is 0.818 bits per heavy atom. The van der Waals surface area contributed by atoms with Gasteiger partial charge in [0.1, 0.15) is 0 Å². The lowest BCUT2D eigenvalue weighted by molar-refractivity contribution is -0.229. The molecule has 2 saturated carbocycles. The predicted molar refractivity (Wildman–Crippen MR) is 41.3 cm³/mol. The third kappa shape index (κ3) is 0.798. The van der Waals surface area contributed by atoms with E-state index in [1.54, 1.807) is 5.06 Å². The van der Waals surface area contributed by atoms with Crippen LogP contribution in [-0.2, 0) is 0 Å². The van der Waals surface area contributed by atoms with Gasteiger partial charge in [0.25, 0.3) is 0 Å². The monoisotopic (exact) mass is 153 g/mol. The van der Waals surface area contributed by atoms with Crippen LogP contribution in [0, 0.1) is 11.8 Å². The second-order valence-corrected chi connectivity index (χ2v) is 4.60. The average Bonchev–Trinajstić information content (AvgIpc) is 1.98. The van der Waals surface area contributed by atoms with Crippen LogP contribution in [-0.4, -0.2) is 22.4 Å². The number of hydrogen-bond acceptors (Lipinski definition) is 2. The molecule has 2 aliphatic carbocycles. The van der Waals surface area contributed by atoms with Crippen LogP contribution in [0.2, 0.25) is 0 Å². The second-order valence-electron chi connectivity index (χ2n) is 4.60. The highest BCUT2D eigenvalue weighted by atomic mass is 16.5. The highest BCUT2D eigenvalue weighted by Gasteiger charge is 2.46. The minimum atomic E-state index is 0.534. The van der Waals surface area contributed by atoms with Crippen molar-refractivity contribution in [3.8, 4) is 0 Å². The fourth-order valence-corrected chi connectivity index (χ4v) is 3.51. The standard InChI is InChI=1S/C9H15NO/c11-10-8-2-6-1-7(4-8)5-9(10)3-6/h6-9,11H,1-5H2. The van der Waals surface area contributed by atoms with Crippen molar-refractivity contribution in [1.29, 1.82) is 0 Å². The van der Waals surface area contributed by atoms with Gasteiger partial charge in [-0.2, -0.15) is 5.06 Å². The molecule has 2 nitrogen and oxygen atoms in total. The highest BCUT2D eigenvalue weighted by Crippen LogP contribution is 2.48. The SMILES string of the molecule is ON1C2CC3CC(C2)CC1C3. The molecule has 1 N–H and O–H groups in total. The molecule has 4 fully saturated rings. The molecule has 2 heterocycles. The Kier molecular flexibility index (Phi) is 1.16. The number of rotatable bonds is 0. The molecule has 2 heteroatoms. The van der Waals surface area contributed by atoms with Gasteiger partial charge in [0, 0.05) is 12.1 Å². The summed E-state index contributed by atoms with van der Waals surface area (Å²) < 4.78 is 0. The molecule has 0 aromatic rings. The molecular formula is C9H15NO. The minimum Gasteiger partial charge on any atom is -0.313 e. The predicted octanol–water partition coefficient (Wildman–Crippen LogP) is 1.64. The van der Waals surface area contributed by atoms with E-state index < -0.39 is 0 Å². The van der Waals surface area contributed by atoms with Crippen molar-refractivity contribution in [2.45, 2.75) is 44.2 Å². The van der Waals surface area contributed by atoms with Crippen molar-refractivity contribution in [2.24, 2.45) is 11.8 Å². The van der Waals surface area contributed by atoms with E-state index in [9.17, 15) is 5.21 Å². The highest BCUT2D eigenvalue weighted by molar-refractivity contribution is 4.97. The van der Waals surface area contributed by atoms with Gasteiger partial charge < -0.3 is 5.21 Å². The van der Waals surface area contributed by atoms with Crippen LogP contribution in [0.3, 0.4) is 0 Å². The van der Waals surface area contributed by atoms with Gasteiger partial charge in [-0.05, 0) is 43.9 Å². The van der Waals surface area contributed by atoms with Gasteiger partial charge in [-0.3, -0.25) is 0 Å². The maximum atomic E-state index is 9.66. The molecule has 0 atom stereocenters. The molecule has 4 bridgehead atoms. The van der Waals surface area contributed by atoms with Crippen LogP contribution < -0.4 is 0 Å². The van der Waals surface area contributed by atoms with Crippen LogP contribution in [0.25, 0.3) is 0 Å². The Labute approximate surface area is 67.1 Å².